The summed E-state index contributed by atoms with van der Waals surface area (Å²) in [6.07, 6.45) is 21.2. The summed E-state index contributed by atoms with van der Waals surface area (Å²) in [5.74, 6) is -0.664. The summed E-state index contributed by atoms with van der Waals surface area (Å²) in [6.45, 7) is 2.26. The van der Waals surface area contributed by atoms with Gasteiger partial charge in [-0.2, -0.15) is 0 Å². The van der Waals surface area contributed by atoms with Gasteiger partial charge in [0.15, 0.2) is 0 Å². The molecular formula is C18H34LuO2. The van der Waals surface area contributed by atoms with Gasteiger partial charge >= 0.3 is 5.97 Å². The van der Waals surface area contributed by atoms with E-state index in [0.29, 0.717) is 6.42 Å². The van der Waals surface area contributed by atoms with Crippen LogP contribution in [0.5, 0.6) is 0 Å². The van der Waals surface area contributed by atoms with E-state index in [2.05, 4.69) is 19.1 Å². The van der Waals surface area contributed by atoms with Crippen LogP contribution in [0, 0.1) is 36.9 Å². The van der Waals surface area contributed by atoms with E-state index in [1.54, 1.807) is 0 Å². The number of carbonyl (C=O) groups is 1. The molecule has 2 nitrogen and oxygen atoms in total. The maximum atomic E-state index is 10.3. The third kappa shape index (κ3) is 22.9. The molecule has 0 fully saturated rings. The second-order valence-corrected chi connectivity index (χ2v) is 5.73. The van der Waals surface area contributed by atoms with Crippen LogP contribution in [0.25, 0.3) is 0 Å². The van der Waals surface area contributed by atoms with Gasteiger partial charge in [0, 0.05) is 43.3 Å². The minimum Gasteiger partial charge on any atom is -0.481 e. The number of carboxylic acids is 1. The van der Waals surface area contributed by atoms with Gasteiger partial charge in [0.05, 0.1) is 0 Å². The molecule has 1 N–H and O–H groups in total. The fourth-order valence-electron chi connectivity index (χ4n) is 2.35. The van der Waals surface area contributed by atoms with E-state index in [-0.39, 0.29) is 36.9 Å². The first-order valence-electron chi connectivity index (χ1n) is 8.64. The number of carboxylic acid groups (broad SMARTS) is 1. The topological polar surface area (TPSA) is 37.3 Å². The minimum absolute atomic E-state index is 0. The maximum absolute atomic E-state index is 10.3. The van der Waals surface area contributed by atoms with Crippen molar-refractivity contribution in [2.24, 2.45) is 0 Å². The van der Waals surface area contributed by atoms with Crippen LogP contribution in [-0.2, 0) is 4.79 Å². The number of unbranched alkanes of at least 4 members (excludes halogenated alkanes) is 11. The molecule has 0 saturated carbocycles. The molecule has 0 aliphatic rings. The van der Waals surface area contributed by atoms with Gasteiger partial charge in [-0.15, -0.1) is 0 Å². The number of rotatable bonds is 15. The zero-order valence-corrected chi connectivity index (χ0v) is 15.3. The second-order valence-electron chi connectivity index (χ2n) is 5.73. The van der Waals surface area contributed by atoms with E-state index in [9.17, 15) is 4.79 Å². The molecule has 0 amide bonds. The van der Waals surface area contributed by atoms with Gasteiger partial charge in [0.1, 0.15) is 0 Å². The van der Waals surface area contributed by atoms with Gasteiger partial charge in [-0.3, -0.25) is 4.79 Å². The molecule has 0 saturated heterocycles. The summed E-state index contributed by atoms with van der Waals surface area (Å²) in [7, 11) is 0. The maximum Gasteiger partial charge on any atom is 0.303 e. The van der Waals surface area contributed by atoms with Gasteiger partial charge in [-0.05, 0) is 32.1 Å². The van der Waals surface area contributed by atoms with Crippen molar-refractivity contribution in [2.45, 2.75) is 96.8 Å². The van der Waals surface area contributed by atoms with E-state index in [0.717, 1.165) is 12.8 Å². The van der Waals surface area contributed by atoms with Crippen LogP contribution in [-0.4, -0.2) is 11.1 Å². The van der Waals surface area contributed by atoms with Crippen LogP contribution < -0.4 is 0 Å². The van der Waals surface area contributed by atoms with E-state index in [1.165, 1.54) is 70.6 Å². The van der Waals surface area contributed by atoms with Gasteiger partial charge < -0.3 is 5.11 Å². The zero-order valence-electron chi connectivity index (χ0n) is 13.7. The molecule has 0 aromatic carbocycles. The molecule has 0 aromatic rings. The van der Waals surface area contributed by atoms with Crippen LogP contribution >= 0.6 is 0 Å². The van der Waals surface area contributed by atoms with Gasteiger partial charge in [0.2, 0.25) is 0 Å². The Morgan fingerprint density at radius 2 is 1.19 bits per heavy atom. The Bertz CT molecular complexity index is 239. The Kier molecular flexibility index (Phi) is 23.1. The van der Waals surface area contributed by atoms with Crippen molar-refractivity contribution in [3.8, 4) is 0 Å². The van der Waals surface area contributed by atoms with Crippen LogP contribution in [0.15, 0.2) is 12.2 Å². The summed E-state index contributed by atoms with van der Waals surface area (Å²) < 4.78 is 0. The van der Waals surface area contributed by atoms with E-state index < -0.39 is 5.97 Å². The molecule has 0 unspecified atom stereocenters. The Balaban J connectivity index is 0. The van der Waals surface area contributed by atoms with Gasteiger partial charge in [0.25, 0.3) is 0 Å². The Morgan fingerprint density at radius 1 is 0.762 bits per heavy atom. The Morgan fingerprint density at radius 3 is 1.67 bits per heavy atom. The quantitative estimate of drug-likeness (QED) is 0.238. The summed E-state index contributed by atoms with van der Waals surface area (Å²) in [4.78, 5) is 10.3. The Labute approximate surface area is 161 Å². The number of hydrogen-bond acceptors (Lipinski definition) is 1. The fourth-order valence-corrected chi connectivity index (χ4v) is 2.35. The van der Waals surface area contributed by atoms with E-state index in [1.807, 2.05) is 0 Å². The zero-order chi connectivity index (χ0) is 14.9. The smallest absolute Gasteiger partial charge is 0.303 e. The molecule has 0 aliphatic carbocycles. The first-order chi connectivity index (χ1) is 9.77. The van der Waals surface area contributed by atoms with Crippen molar-refractivity contribution in [3.05, 3.63) is 12.2 Å². The summed E-state index contributed by atoms with van der Waals surface area (Å²) >= 11 is 0. The number of aliphatic carboxylic acids is 1. The van der Waals surface area contributed by atoms with Crippen molar-refractivity contribution < 1.29 is 46.8 Å². The van der Waals surface area contributed by atoms with Crippen LogP contribution in [0.1, 0.15) is 96.8 Å². The van der Waals surface area contributed by atoms with Crippen LogP contribution in [0.2, 0.25) is 0 Å². The first kappa shape index (κ1) is 23.7. The fraction of sp³-hybridized carbons (Fsp3) is 0.833. The number of hydrogen-bond donors (Lipinski definition) is 1. The molecule has 133 valence electrons. The molecule has 0 aliphatic heterocycles. The van der Waals surface area contributed by atoms with Gasteiger partial charge in [-0.1, -0.05) is 70.4 Å². The Hall–Kier alpha value is 0.444. The van der Waals surface area contributed by atoms with Crippen molar-refractivity contribution in [2.75, 3.05) is 0 Å². The van der Waals surface area contributed by atoms with Crippen molar-refractivity contribution in [3.63, 3.8) is 0 Å². The van der Waals surface area contributed by atoms with Crippen molar-refractivity contribution in [1.82, 2.24) is 0 Å². The van der Waals surface area contributed by atoms with E-state index >= 15 is 0 Å². The largest absolute Gasteiger partial charge is 0.481 e. The molecule has 0 bridgehead atoms. The molecule has 3 heteroatoms. The second kappa shape index (κ2) is 20.4. The predicted octanol–water partition coefficient (Wildman–Crippen LogP) is 6.11. The average Bonchev–Trinajstić information content (AvgIpc) is 2.43. The third-order valence-corrected chi connectivity index (χ3v) is 3.65. The van der Waals surface area contributed by atoms with Crippen LogP contribution in [0.4, 0.5) is 0 Å². The molecule has 0 heterocycles. The molecule has 21 heavy (non-hydrogen) atoms. The SMILES string of the molecule is CCCCCCCC/C=C\CCCCCCCC(=O)O.[Lu]. The first-order valence-corrected chi connectivity index (χ1v) is 8.64. The molecule has 0 aromatic heterocycles. The monoisotopic (exact) mass is 457 g/mol. The average molecular weight is 457 g/mol. The van der Waals surface area contributed by atoms with Crippen molar-refractivity contribution in [1.29, 1.82) is 0 Å². The van der Waals surface area contributed by atoms with Crippen molar-refractivity contribution >= 4 is 5.97 Å². The van der Waals surface area contributed by atoms with Crippen LogP contribution in [0.3, 0.4) is 0 Å². The molecule has 0 atom stereocenters. The van der Waals surface area contributed by atoms with E-state index in [4.69, 9.17) is 5.11 Å². The molecule has 0 rings (SSSR count). The molecule has 0 spiro atoms. The molecular weight excluding hydrogens is 423 g/mol. The summed E-state index contributed by atoms with van der Waals surface area (Å²) in [5, 5.41) is 8.51. The standard InChI is InChI=1S/C18H34O2.Lu/c1-2-3-4-5-6-7-8-9-10-11-12-13-14-15-16-17-18(19)20;/h9-10H,2-8,11-17H2,1H3,(H,19,20);/b10-9-;. The number of allylic oxidation sites excluding steroid dienone is 2. The third-order valence-electron chi connectivity index (χ3n) is 3.65. The normalized spacial score (nSPS) is 10.7. The molecule has 1 radical (unpaired) electrons. The van der Waals surface area contributed by atoms with Gasteiger partial charge in [-0.25, -0.2) is 0 Å². The predicted molar refractivity (Wildman–Crippen MR) is 87.1 cm³/mol. The summed E-state index contributed by atoms with van der Waals surface area (Å²) in [5.41, 5.74) is 0. The summed E-state index contributed by atoms with van der Waals surface area (Å²) in [6, 6.07) is 0. The minimum atomic E-state index is -0.664.